The van der Waals surface area contributed by atoms with Gasteiger partial charge in [0.05, 0.1) is 23.8 Å². The second-order valence-corrected chi connectivity index (χ2v) is 4.28. The molecule has 4 nitrogen and oxygen atoms in total. The fourth-order valence-electron chi connectivity index (χ4n) is 1.86. The Bertz CT molecular complexity index is 793. The van der Waals surface area contributed by atoms with Crippen molar-refractivity contribution in [1.29, 1.82) is 5.26 Å². The Morgan fingerprint density at radius 2 is 1.79 bits per heavy atom. The third-order valence-electron chi connectivity index (χ3n) is 2.72. The van der Waals surface area contributed by atoms with Crippen LogP contribution in [0.15, 0.2) is 51.7 Å². The van der Waals surface area contributed by atoms with Gasteiger partial charge in [0, 0.05) is 5.56 Å². The normalized spacial score (nSPS) is 10.3. The number of nitrogens with one attached hydrogen (secondary N) is 1. The average molecular weight is 268 g/mol. The Morgan fingerprint density at radius 1 is 1.11 bits per heavy atom. The van der Waals surface area contributed by atoms with Crippen molar-refractivity contribution >= 4 is 12.2 Å². The van der Waals surface area contributed by atoms with E-state index in [9.17, 15) is 5.26 Å². The van der Waals surface area contributed by atoms with E-state index in [2.05, 4.69) is 11.1 Å². The van der Waals surface area contributed by atoms with Crippen molar-refractivity contribution in [2.45, 2.75) is 0 Å². The van der Waals surface area contributed by atoms with Gasteiger partial charge >= 0.3 is 0 Å². The fraction of sp³-hybridized carbons (Fsp3) is 0. The lowest BCUT2D eigenvalue weighted by atomic mass is 10.1. The van der Waals surface area contributed by atoms with Crippen molar-refractivity contribution in [3.8, 4) is 28.8 Å². The minimum Gasteiger partial charge on any atom is -0.464 e. The van der Waals surface area contributed by atoms with Crippen molar-refractivity contribution in [3.63, 3.8) is 0 Å². The number of aromatic nitrogens is 1. The van der Waals surface area contributed by atoms with Crippen LogP contribution in [0.4, 0.5) is 0 Å². The van der Waals surface area contributed by atoms with Crippen LogP contribution in [0.1, 0.15) is 5.56 Å². The molecule has 92 valence electrons. The number of pyridine rings is 1. The highest BCUT2D eigenvalue weighted by Gasteiger charge is 2.13. The highest BCUT2D eigenvalue weighted by molar-refractivity contribution is 7.71. The van der Waals surface area contributed by atoms with Crippen molar-refractivity contribution in [2.75, 3.05) is 0 Å². The lowest BCUT2D eigenvalue weighted by Gasteiger charge is -2.04. The van der Waals surface area contributed by atoms with Crippen LogP contribution in [0.2, 0.25) is 0 Å². The zero-order chi connectivity index (χ0) is 13.2. The number of hydrogen-bond donors (Lipinski definition) is 1. The van der Waals surface area contributed by atoms with Gasteiger partial charge in [0.25, 0.3) is 0 Å². The maximum absolute atomic E-state index is 9.22. The van der Waals surface area contributed by atoms with E-state index in [0.29, 0.717) is 33.0 Å². The second kappa shape index (κ2) is 4.59. The van der Waals surface area contributed by atoms with Crippen LogP contribution >= 0.6 is 12.2 Å². The van der Waals surface area contributed by atoms with Gasteiger partial charge in [-0.2, -0.15) is 5.26 Å². The topological polar surface area (TPSA) is 65.9 Å². The van der Waals surface area contributed by atoms with Gasteiger partial charge in [0.1, 0.15) is 22.2 Å². The van der Waals surface area contributed by atoms with Gasteiger partial charge in [-0.1, -0.05) is 12.2 Å². The van der Waals surface area contributed by atoms with Gasteiger partial charge in [0.2, 0.25) is 0 Å². The summed E-state index contributed by atoms with van der Waals surface area (Å²) >= 11 is 5.21. The van der Waals surface area contributed by atoms with E-state index in [1.807, 2.05) is 6.07 Å². The Labute approximate surface area is 113 Å². The molecule has 3 heterocycles. The molecule has 19 heavy (non-hydrogen) atoms. The number of rotatable bonds is 2. The van der Waals surface area contributed by atoms with E-state index in [1.54, 1.807) is 36.8 Å². The van der Waals surface area contributed by atoms with Crippen LogP contribution in [0.25, 0.3) is 22.8 Å². The molecule has 0 aliphatic rings. The van der Waals surface area contributed by atoms with E-state index < -0.39 is 0 Å². The molecule has 0 aliphatic carbocycles. The summed E-state index contributed by atoms with van der Waals surface area (Å²) in [7, 11) is 0. The zero-order valence-corrected chi connectivity index (χ0v) is 10.5. The van der Waals surface area contributed by atoms with Crippen molar-refractivity contribution in [1.82, 2.24) is 4.98 Å². The summed E-state index contributed by atoms with van der Waals surface area (Å²) in [4.78, 5) is 2.99. The number of nitriles is 1. The highest BCUT2D eigenvalue weighted by Crippen LogP contribution is 2.29. The molecule has 3 rings (SSSR count). The first-order valence-electron chi connectivity index (χ1n) is 5.55. The number of aromatic amines is 1. The van der Waals surface area contributed by atoms with Crippen molar-refractivity contribution < 1.29 is 8.83 Å². The summed E-state index contributed by atoms with van der Waals surface area (Å²) in [5.41, 5.74) is 1.75. The van der Waals surface area contributed by atoms with Crippen molar-refractivity contribution in [2.24, 2.45) is 0 Å². The molecule has 0 unspecified atom stereocenters. The van der Waals surface area contributed by atoms with E-state index in [0.717, 1.165) is 0 Å². The summed E-state index contributed by atoms with van der Waals surface area (Å²) in [5, 5.41) is 9.22. The van der Waals surface area contributed by atoms with E-state index in [1.165, 1.54) is 0 Å². The molecule has 0 saturated heterocycles. The van der Waals surface area contributed by atoms with E-state index >= 15 is 0 Å². The molecule has 5 heteroatoms. The molecular weight excluding hydrogens is 260 g/mol. The number of hydrogen-bond acceptors (Lipinski definition) is 4. The van der Waals surface area contributed by atoms with Crippen LogP contribution in [-0.2, 0) is 0 Å². The van der Waals surface area contributed by atoms with Crippen LogP contribution in [0.3, 0.4) is 0 Å². The first kappa shape index (κ1) is 11.5. The molecule has 0 saturated carbocycles. The van der Waals surface area contributed by atoms with Gasteiger partial charge in [-0.3, -0.25) is 0 Å². The largest absolute Gasteiger partial charge is 0.464 e. The quantitative estimate of drug-likeness (QED) is 0.709. The first-order chi connectivity index (χ1) is 9.29. The molecule has 0 aromatic carbocycles. The molecule has 3 aromatic rings. The first-order valence-corrected chi connectivity index (χ1v) is 5.95. The fourth-order valence-corrected chi connectivity index (χ4v) is 2.13. The summed E-state index contributed by atoms with van der Waals surface area (Å²) in [5.74, 6) is 1.26. The molecule has 3 aromatic heterocycles. The Kier molecular flexibility index (Phi) is 2.78. The summed E-state index contributed by atoms with van der Waals surface area (Å²) in [6.45, 7) is 0. The van der Waals surface area contributed by atoms with Gasteiger partial charge < -0.3 is 13.8 Å². The monoisotopic (exact) mass is 268 g/mol. The minimum atomic E-state index is 0.364. The Hall–Kier alpha value is -2.58. The smallest absolute Gasteiger partial charge is 0.150 e. The van der Waals surface area contributed by atoms with Gasteiger partial charge in [-0.15, -0.1) is 0 Å². The lowest BCUT2D eigenvalue weighted by molar-refractivity contribution is 0.578. The van der Waals surface area contributed by atoms with E-state index in [-0.39, 0.29) is 0 Å². The predicted molar refractivity (Wildman–Crippen MR) is 71.7 cm³/mol. The van der Waals surface area contributed by atoms with Gasteiger partial charge in [-0.25, -0.2) is 0 Å². The molecule has 0 bridgehead atoms. The van der Waals surface area contributed by atoms with Gasteiger partial charge in [-0.05, 0) is 30.3 Å². The average Bonchev–Trinajstić information content (AvgIpc) is 3.11. The van der Waals surface area contributed by atoms with Crippen molar-refractivity contribution in [3.05, 3.63) is 53.1 Å². The number of nitrogens with zero attached hydrogens (tertiary/aromatic N) is 1. The molecular formula is C14H8N2O2S. The predicted octanol–water partition coefficient (Wildman–Crippen LogP) is 4.14. The van der Waals surface area contributed by atoms with Gasteiger partial charge in [0.15, 0.2) is 0 Å². The standard InChI is InChI=1S/C14H8N2O2S/c15-8-10-9(12-3-1-5-17-12)7-11(16-14(10)19)13-4-2-6-18-13/h1-7H,(H,16,19). The molecule has 0 radical (unpaired) electrons. The Morgan fingerprint density at radius 3 is 2.37 bits per heavy atom. The maximum Gasteiger partial charge on any atom is 0.150 e. The highest BCUT2D eigenvalue weighted by atomic mass is 32.1. The van der Waals surface area contributed by atoms with Crippen LogP contribution in [0.5, 0.6) is 0 Å². The van der Waals surface area contributed by atoms with Crippen LogP contribution in [0, 0.1) is 16.0 Å². The summed E-state index contributed by atoms with van der Waals surface area (Å²) in [6.07, 6.45) is 3.14. The second-order valence-electron chi connectivity index (χ2n) is 3.87. The third kappa shape index (κ3) is 1.98. The Balaban J connectivity index is 2.28. The molecule has 0 atom stereocenters. The SMILES string of the molecule is N#Cc1c(-c2ccco2)cc(-c2ccco2)[nH]c1=S. The number of H-pyrrole nitrogens is 1. The molecule has 0 amide bonds. The zero-order valence-electron chi connectivity index (χ0n) is 9.71. The molecule has 1 N–H and O–H groups in total. The van der Waals surface area contributed by atoms with Crippen LogP contribution < -0.4 is 0 Å². The lowest BCUT2D eigenvalue weighted by Crippen LogP contribution is -1.91. The summed E-state index contributed by atoms with van der Waals surface area (Å²) in [6, 6.07) is 11.1. The van der Waals surface area contributed by atoms with Crippen LogP contribution in [-0.4, -0.2) is 4.98 Å². The third-order valence-corrected chi connectivity index (χ3v) is 3.02. The number of furan rings is 2. The summed E-state index contributed by atoms with van der Waals surface area (Å²) < 4.78 is 11.0. The minimum absolute atomic E-state index is 0.364. The molecule has 0 spiro atoms. The molecule has 0 aliphatic heterocycles. The molecule has 0 fully saturated rings. The van der Waals surface area contributed by atoms with E-state index in [4.69, 9.17) is 21.1 Å². The maximum atomic E-state index is 9.22.